The lowest BCUT2D eigenvalue weighted by atomic mass is 10.1. The topological polar surface area (TPSA) is 300 Å². The van der Waals surface area contributed by atoms with Gasteiger partial charge in [-0.1, -0.05) is 0 Å². The van der Waals surface area contributed by atoms with Crippen LogP contribution >= 0.6 is 15.9 Å². The molecule has 0 saturated carbocycles. The minimum Gasteiger partial charge on any atom is -0.394 e. The minimum absolute atomic E-state index is 0.0305. The van der Waals surface area contributed by atoms with Gasteiger partial charge in [0.05, 0.1) is 25.9 Å². The van der Waals surface area contributed by atoms with Gasteiger partial charge >= 0.3 is 15.9 Å². The monoisotopic (exact) mass is 675 g/mol. The number of fused-ring (bicyclic) bond motifs is 2. The van der Waals surface area contributed by atoms with Crippen molar-refractivity contribution in [3.8, 4) is 0 Å². The van der Waals surface area contributed by atoms with Gasteiger partial charge in [-0.2, -0.15) is 9.88 Å². The Morgan fingerprint density at radius 1 is 1.13 bits per heavy atom. The fourth-order valence-electron chi connectivity index (χ4n) is 5.13. The Kier molecular flexibility index (Phi) is 8.61. The van der Waals surface area contributed by atoms with E-state index in [2.05, 4.69) is 29.9 Å². The first-order chi connectivity index (χ1) is 21.5. The summed E-state index contributed by atoms with van der Waals surface area (Å²) in [5, 5.41) is 9.85. The van der Waals surface area contributed by atoms with E-state index >= 15 is 4.39 Å². The van der Waals surface area contributed by atoms with Crippen LogP contribution in [-0.2, 0) is 32.4 Å². The summed E-state index contributed by atoms with van der Waals surface area (Å²) >= 11 is 0. The van der Waals surface area contributed by atoms with Gasteiger partial charge < -0.3 is 35.7 Å². The highest BCUT2D eigenvalue weighted by Crippen LogP contribution is 2.49. The number of aromatic amines is 1. The molecule has 3 unspecified atom stereocenters. The van der Waals surface area contributed by atoms with Crippen LogP contribution < -0.4 is 17.0 Å². The van der Waals surface area contributed by atoms with E-state index in [-0.39, 0.29) is 40.5 Å². The lowest BCUT2D eigenvalue weighted by Crippen LogP contribution is -2.34. The van der Waals surface area contributed by atoms with Crippen molar-refractivity contribution in [1.82, 2.24) is 39.0 Å². The Hall–Kier alpha value is -3.56. The van der Waals surface area contributed by atoms with E-state index in [0.717, 1.165) is 6.33 Å². The number of nitrogens with zero attached hydrogens (tertiary/aromatic N) is 7. The quantitative estimate of drug-likeness (QED) is 0.106. The Labute approximate surface area is 250 Å². The summed E-state index contributed by atoms with van der Waals surface area (Å²) in [5.41, 5.74) is 11.2. The molecule has 6 heterocycles. The van der Waals surface area contributed by atoms with Crippen molar-refractivity contribution in [2.75, 3.05) is 31.0 Å². The lowest BCUT2D eigenvalue weighted by Gasteiger charge is -2.22. The van der Waals surface area contributed by atoms with Crippen molar-refractivity contribution in [3.05, 3.63) is 29.3 Å². The smallest absolute Gasteiger partial charge is 0.394 e. The summed E-state index contributed by atoms with van der Waals surface area (Å²) in [5.74, 6) is -0.143. The number of hydrogen-bond acceptors (Lipinski definition) is 16. The molecule has 242 valence electrons. The van der Waals surface area contributed by atoms with Crippen LogP contribution in [0.15, 0.2) is 23.8 Å². The van der Waals surface area contributed by atoms with Crippen molar-refractivity contribution in [1.29, 1.82) is 0 Å². The SMILES string of the molecule is Nc1nc2c(ncn2[C@H]2CC(OP(=O)(O)OC[C@H]3O[C@@H](n4cnc5c(N)ncnc54)[C@@H](F)[C@H]3OC[P+](=O)O)[C@@H](CO)O2)c(=O)[nH]1. The molecule has 0 spiro atoms. The lowest BCUT2D eigenvalue weighted by molar-refractivity contribution is -0.0618. The van der Waals surface area contributed by atoms with E-state index in [9.17, 15) is 28.8 Å². The molecule has 8 N–H and O–H groups in total. The number of phosphoric ester groups is 1. The number of nitrogens with one attached hydrogen (secondary N) is 1. The second-order valence-corrected chi connectivity index (χ2v) is 12.3. The maximum atomic E-state index is 15.7. The van der Waals surface area contributed by atoms with Gasteiger partial charge in [-0.3, -0.25) is 28.0 Å². The van der Waals surface area contributed by atoms with Crippen molar-refractivity contribution in [3.63, 3.8) is 0 Å². The summed E-state index contributed by atoms with van der Waals surface area (Å²) in [7, 11) is -7.77. The van der Waals surface area contributed by atoms with Crippen LogP contribution in [0.4, 0.5) is 16.2 Å². The number of nitrogens with two attached hydrogens (primary N) is 2. The van der Waals surface area contributed by atoms with E-state index < -0.39 is 84.0 Å². The number of imidazole rings is 2. The normalized spacial score (nSPS) is 28.6. The molecule has 0 amide bonds. The molecule has 24 heteroatoms. The average molecular weight is 675 g/mol. The molecule has 4 aromatic heterocycles. The van der Waals surface area contributed by atoms with Gasteiger partial charge in [0.25, 0.3) is 11.9 Å². The molecular formula is C21H26FN10O11P2+. The van der Waals surface area contributed by atoms with Gasteiger partial charge in [0.15, 0.2) is 35.0 Å². The van der Waals surface area contributed by atoms with Crippen molar-refractivity contribution >= 4 is 49.9 Å². The zero-order valence-corrected chi connectivity index (χ0v) is 24.6. The maximum Gasteiger partial charge on any atom is 0.534 e. The van der Waals surface area contributed by atoms with Gasteiger partial charge in [-0.05, 0) is 4.57 Å². The number of H-pyrrole nitrogens is 1. The molecule has 0 bridgehead atoms. The fraction of sp³-hybridized carbons (Fsp3) is 0.524. The summed E-state index contributed by atoms with van der Waals surface area (Å²) in [6, 6.07) is 0. The Bertz CT molecular complexity index is 1840. The second-order valence-electron chi connectivity index (χ2n) is 9.94. The summed E-state index contributed by atoms with van der Waals surface area (Å²) in [6.45, 7) is -1.39. The highest BCUT2D eigenvalue weighted by molar-refractivity contribution is 7.47. The van der Waals surface area contributed by atoms with Crippen molar-refractivity contribution in [2.24, 2.45) is 0 Å². The largest absolute Gasteiger partial charge is 0.534 e. The number of aliphatic hydroxyl groups is 1. The molecule has 0 aliphatic carbocycles. The van der Waals surface area contributed by atoms with Gasteiger partial charge in [-0.25, -0.2) is 28.9 Å². The Morgan fingerprint density at radius 2 is 1.89 bits per heavy atom. The number of halogens is 1. The molecule has 0 aromatic carbocycles. The second kappa shape index (κ2) is 12.3. The first-order valence-electron chi connectivity index (χ1n) is 13.1. The van der Waals surface area contributed by atoms with Crippen LogP contribution in [0.25, 0.3) is 22.3 Å². The maximum absolute atomic E-state index is 15.7. The molecule has 2 fully saturated rings. The fourth-order valence-corrected chi connectivity index (χ4v) is 6.39. The zero-order valence-electron chi connectivity index (χ0n) is 22.8. The van der Waals surface area contributed by atoms with Gasteiger partial charge in [0.1, 0.15) is 42.5 Å². The summed E-state index contributed by atoms with van der Waals surface area (Å²) < 4.78 is 69.8. The van der Waals surface area contributed by atoms with Gasteiger partial charge in [-0.15, -0.1) is 0 Å². The highest BCUT2D eigenvalue weighted by Gasteiger charge is 2.50. The number of phosphoric acid groups is 1. The van der Waals surface area contributed by atoms with E-state index in [1.807, 2.05) is 0 Å². The predicted octanol–water partition coefficient (Wildman–Crippen LogP) is -0.781. The molecule has 2 aliphatic heterocycles. The van der Waals surface area contributed by atoms with Crippen LogP contribution in [0.5, 0.6) is 0 Å². The number of ether oxygens (including phenoxy) is 3. The minimum atomic E-state index is -4.95. The molecule has 2 saturated heterocycles. The molecule has 45 heavy (non-hydrogen) atoms. The molecule has 4 aromatic rings. The molecule has 21 nitrogen and oxygen atoms in total. The Balaban J connectivity index is 1.16. The third-order valence-corrected chi connectivity index (χ3v) is 8.48. The standard InChI is InChI=1S/C21H25FN10O11P2/c22-12-15(39-7-44(35)36)10(42-20(12)32-6-27-13-16(23)25-4-26-17(13)32)3-40-45(37,38)43-8-1-11(41-9(8)2-33)31-5-28-14-18(31)29-21(24)30-19(14)34/h4-6,8-12,15,20,33H,1-3,7H2,(H6-,23,24,25,26,29,30,34,35,36,37,38)/p+1/t8?,9-,10-,11-,12+,15+,20-/m1/s1. The van der Waals surface area contributed by atoms with Crippen molar-refractivity contribution < 1.29 is 51.7 Å². The molecule has 9 atom stereocenters. The van der Waals surface area contributed by atoms with Gasteiger partial charge in [0.2, 0.25) is 5.95 Å². The summed E-state index contributed by atoms with van der Waals surface area (Å²) in [6.07, 6.45) is -6.85. The van der Waals surface area contributed by atoms with Crippen LogP contribution in [-0.4, -0.2) is 104 Å². The number of anilines is 2. The van der Waals surface area contributed by atoms with E-state index in [1.54, 1.807) is 0 Å². The molecule has 6 rings (SSSR count). The molecule has 0 radical (unpaired) electrons. The van der Waals surface area contributed by atoms with E-state index in [0.29, 0.717) is 0 Å². The van der Waals surface area contributed by atoms with Gasteiger partial charge in [0, 0.05) is 6.42 Å². The van der Waals surface area contributed by atoms with E-state index in [4.69, 9.17) is 34.7 Å². The third-order valence-electron chi connectivity index (χ3n) is 7.10. The highest BCUT2D eigenvalue weighted by atomic mass is 31.2. The summed E-state index contributed by atoms with van der Waals surface area (Å²) in [4.78, 5) is 54.2. The first kappa shape index (κ1) is 31.4. The van der Waals surface area contributed by atoms with Crippen LogP contribution in [0.1, 0.15) is 18.9 Å². The van der Waals surface area contributed by atoms with Crippen LogP contribution in [0.2, 0.25) is 0 Å². The van der Waals surface area contributed by atoms with Crippen LogP contribution in [0, 0.1) is 0 Å². The predicted molar refractivity (Wildman–Crippen MR) is 147 cm³/mol. The van der Waals surface area contributed by atoms with Crippen molar-refractivity contribution in [2.45, 2.75) is 49.5 Å². The number of aromatic nitrogens is 8. The third kappa shape index (κ3) is 6.17. The van der Waals surface area contributed by atoms with Crippen LogP contribution in [0.3, 0.4) is 0 Å². The van der Waals surface area contributed by atoms with E-state index in [1.165, 1.54) is 21.8 Å². The molecular weight excluding hydrogens is 649 g/mol. The number of nitrogen functional groups attached to an aromatic ring is 2. The number of aliphatic hydroxyl groups excluding tert-OH is 1. The Morgan fingerprint density at radius 3 is 2.64 bits per heavy atom. The number of alkyl halides is 1. The number of hydrogen-bond donors (Lipinski definition) is 6. The first-order valence-corrected chi connectivity index (χ1v) is 16.0. The average Bonchev–Trinajstić information content (AvgIpc) is 3.75. The zero-order chi connectivity index (χ0) is 32.0. The molecule has 2 aliphatic rings. The number of rotatable bonds is 11.